The summed E-state index contributed by atoms with van der Waals surface area (Å²) in [5.74, 6) is -1.38. The van der Waals surface area contributed by atoms with Crippen molar-refractivity contribution >= 4 is 16.0 Å². The van der Waals surface area contributed by atoms with Gasteiger partial charge in [0.1, 0.15) is 11.8 Å². The molecule has 28 heavy (non-hydrogen) atoms. The number of carboxylic acid groups (broad SMARTS) is 1. The molecule has 0 bridgehead atoms. The Morgan fingerprint density at radius 1 is 1.07 bits per heavy atom. The summed E-state index contributed by atoms with van der Waals surface area (Å²) >= 11 is 0. The highest BCUT2D eigenvalue weighted by Gasteiger charge is 2.41. The zero-order chi connectivity index (χ0) is 20.9. The Labute approximate surface area is 165 Å². The Morgan fingerprint density at radius 3 is 2.11 bits per heavy atom. The van der Waals surface area contributed by atoms with E-state index in [0.717, 1.165) is 4.31 Å². The summed E-state index contributed by atoms with van der Waals surface area (Å²) in [5.41, 5.74) is 0.613. The molecule has 7 nitrogen and oxygen atoms in total. The number of aliphatic carboxylic acids is 1. The van der Waals surface area contributed by atoms with Crippen molar-refractivity contribution in [2.45, 2.75) is 37.4 Å². The van der Waals surface area contributed by atoms with Crippen LogP contribution in [0.4, 0.5) is 0 Å². The molecule has 0 spiro atoms. The van der Waals surface area contributed by atoms with E-state index in [4.69, 9.17) is 4.74 Å². The van der Waals surface area contributed by atoms with Crippen LogP contribution < -0.4 is 4.74 Å². The second-order valence-corrected chi connectivity index (χ2v) is 8.62. The first-order valence-electron chi connectivity index (χ1n) is 8.79. The van der Waals surface area contributed by atoms with Gasteiger partial charge in [0.15, 0.2) is 0 Å². The van der Waals surface area contributed by atoms with Crippen molar-refractivity contribution in [1.82, 2.24) is 4.31 Å². The molecule has 2 rings (SSSR count). The number of benzene rings is 2. The van der Waals surface area contributed by atoms with Gasteiger partial charge in [0, 0.05) is 6.54 Å². The van der Waals surface area contributed by atoms with E-state index >= 15 is 0 Å². The molecule has 0 radical (unpaired) electrons. The largest absolute Gasteiger partial charge is 0.497 e. The maximum atomic E-state index is 13.3. The highest BCUT2D eigenvalue weighted by Crippen LogP contribution is 2.26. The molecule has 0 aliphatic rings. The van der Waals surface area contributed by atoms with Crippen molar-refractivity contribution in [2.75, 3.05) is 7.11 Å². The van der Waals surface area contributed by atoms with Crippen molar-refractivity contribution in [3.05, 3.63) is 60.2 Å². The number of carboxylic acids is 1. The van der Waals surface area contributed by atoms with Crippen molar-refractivity contribution in [3.8, 4) is 5.75 Å². The average molecular weight is 407 g/mol. The van der Waals surface area contributed by atoms with Crippen LogP contribution in [0.25, 0.3) is 0 Å². The second kappa shape index (κ2) is 9.18. The molecule has 2 aromatic rings. The third kappa shape index (κ3) is 4.89. The molecule has 2 atom stereocenters. The van der Waals surface area contributed by atoms with E-state index in [0.29, 0.717) is 11.3 Å². The van der Waals surface area contributed by atoms with Crippen LogP contribution in [0.1, 0.15) is 19.4 Å². The fourth-order valence-electron chi connectivity index (χ4n) is 2.78. The first kappa shape index (κ1) is 21.9. The summed E-state index contributed by atoms with van der Waals surface area (Å²) < 4.78 is 32.5. The summed E-state index contributed by atoms with van der Waals surface area (Å²) in [6.07, 6.45) is -1.38. The van der Waals surface area contributed by atoms with Gasteiger partial charge in [-0.05, 0) is 35.7 Å². The Hall–Kier alpha value is -2.42. The van der Waals surface area contributed by atoms with Gasteiger partial charge in [-0.25, -0.2) is 8.42 Å². The number of methoxy groups -OCH3 is 1. The molecule has 0 aromatic heterocycles. The van der Waals surface area contributed by atoms with Crippen LogP contribution in [0.5, 0.6) is 5.75 Å². The number of hydrogen-bond acceptors (Lipinski definition) is 5. The Bertz CT molecular complexity index is 881. The predicted molar refractivity (Wildman–Crippen MR) is 104 cm³/mol. The number of aliphatic hydroxyl groups is 1. The molecule has 0 aliphatic heterocycles. The third-order valence-corrected chi connectivity index (χ3v) is 6.26. The van der Waals surface area contributed by atoms with E-state index in [2.05, 4.69) is 0 Å². The Morgan fingerprint density at radius 2 is 1.64 bits per heavy atom. The minimum atomic E-state index is -4.21. The minimum absolute atomic E-state index is 0.0774. The van der Waals surface area contributed by atoms with Crippen LogP contribution in [0.3, 0.4) is 0 Å². The number of sulfonamides is 1. The molecule has 1 unspecified atom stereocenters. The summed E-state index contributed by atoms with van der Waals surface area (Å²) in [6.45, 7) is 3.10. The van der Waals surface area contributed by atoms with E-state index in [-0.39, 0.29) is 11.4 Å². The lowest BCUT2D eigenvalue weighted by molar-refractivity contribution is -0.146. The molecule has 8 heteroatoms. The molecular formula is C20H25NO6S. The van der Waals surface area contributed by atoms with E-state index in [1.807, 2.05) is 0 Å². The van der Waals surface area contributed by atoms with Crippen molar-refractivity contribution in [2.24, 2.45) is 5.92 Å². The van der Waals surface area contributed by atoms with E-state index in [1.54, 1.807) is 44.2 Å². The molecule has 0 aliphatic carbocycles. The summed E-state index contributed by atoms with van der Waals surface area (Å²) in [4.78, 5) is 11.9. The quantitative estimate of drug-likeness (QED) is 0.661. The van der Waals surface area contributed by atoms with Gasteiger partial charge < -0.3 is 14.9 Å². The first-order valence-corrected chi connectivity index (χ1v) is 10.2. The number of rotatable bonds is 9. The smallest absolute Gasteiger partial charge is 0.324 e. The molecule has 152 valence electrons. The van der Waals surface area contributed by atoms with Gasteiger partial charge in [0.25, 0.3) is 0 Å². The van der Waals surface area contributed by atoms with Gasteiger partial charge in [-0.15, -0.1) is 0 Å². The van der Waals surface area contributed by atoms with Crippen molar-refractivity contribution in [1.29, 1.82) is 0 Å². The number of hydrogen-bond donors (Lipinski definition) is 2. The lowest BCUT2D eigenvalue weighted by Crippen LogP contribution is -2.52. The average Bonchev–Trinajstić information content (AvgIpc) is 2.67. The summed E-state index contributed by atoms with van der Waals surface area (Å²) in [6, 6.07) is 12.7. The van der Waals surface area contributed by atoms with Crippen LogP contribution >= 0.6 is 0 Å². The molecule has 0 saturated carbocycles. The number of carbonyl (C=O) groups is 1. The standard InChI is InChI=1S/C20H25NO6S/c1-14(2)19(22)18(20(23)24)21(13-15-7-5-4-6-8-15)28(25,26)17-11-9-16(27-3)10-12-17/h4-12,14,18-19,22H,13H2,1-3H3,(H,23,24)/t18-,19?/m1/s1. The van der Waals surface area contributed by atoms with Gasteiger partial charge in [0.05, 0.1) is 18.1 Å². The summed E-state index contributed by atoms with van der Waals surface area (Å²) in [7, 11) is -2.75. The predicted octanol–water partition coefficient (Wildman–Crippen LogP) is 2.36. The SMILES string of the molecule is COc1ccc(S(=O)(=O)N(Cc2ccccc2)[C@@H](C(=O)O)C(O)C(C)C)cc1. The zero-order valence-corrected chi connectivity index (χ0v) is 16.8. The van der Waals surface area contributed by atoms with Gasteiger partial charge in [-0.2, -0.15) is 4.31 Å². The van der Waals surface area contributed by atoms with Crippen LogP contribution in [-0.2, 0) is 21.4 Å². The van der Waals surface area contributed by atoms with Crippen molar-refractivity contribution < 1.29 is 28.2 Å². The monoisotopic (exact) mass is 407 g/mol. The van der Waals surface area contributed by atoms with Gasteiger partial charge >= 0.3 is 5.97 Å². The Balaban J connectivity index is 2.56. The third-order valence-electron chi connectivity index (χ3n) is 4.42. The topological polar surface area (TPSA) is 104 Å². The summed E-state index contributed by atoms with van der Waals surface area (Å²) in [5, 5.41) is 20.2. The first-order chi connectivity index (χ1) is 13.2. The number of aliphatic hydroxyl groups excluding tert-OH is 1. The number of ether oxygens (including phenoxy) is 1. The van der Waals surface area contributed by atoms with E-state index in [1.165, 1.54) is 31.4 Å². The Kier molecular flexibility index (Phi) is 7.17. The van der Waals surface area contributed by atoms with Crippen LogP contribution in [-0.4, -0.2) is 48.2 Å². The lowest BCUT2D eigenvalue weighted by atomic mass is 9.99. The molecule has 0 amide bonds. The molecule has 0 heterocycles. The minimum Gasteiger partial charge on any atom is -0.497 e. The van der Waals surface area contributed by atoms with Gasteiger partial charge in [0.2, 0.25) is 10.0 Å². The molecule has 0 fully saturated rings. The second-order valence-electron chi connectivity index (χ2n) is 6.73. The molecular weight excluding hydrogens is 382 g/mol. The maximum Gasteiger partial charge on any atom is 0.324 e. The fourth-order valence-corrected chi connectivity index (χ4v) is 4.37. The van der Waals surface area contributed by atoms with Crippen molar-refractivity contribution in [3.63, 3.8) is 0 Å². The highest BCUT2D eigenvalue weighted by molar-refractivity contribution is 7.89. The van der Waals surface area contributed by atoms with Crippen LogP contribution in [0.15, 0.2) is 59.5 Å². The highest BCUT2D eigenvalue weighted by atomic mass is 32.2. The fraction of sp³-hybridized carbons (Fsp3) is 0.350. The maximum absolute atomic E-state index is 13.3. The van der Waals surface area contributed by atoms with Crippen LogP contribution in [0, 0.1) is 5.92 Å². The van der Waals surface area contributed by atoms with Gasteiger partial charge in [-0.1, -0.05) is 44.2 Å². The van der Waals surface area contributed by atoms with E-state index in [9.17, 15) is 23.4 Å². The molecule has 2 N–H and O–H groups in total. The van der Waals surface area contributed by atoms with Gasteiger partial charge in [-0.3, -0.25) is 4.79 Å². The zero-order valence-electron chi connectivity index (χ0n) is 16.0. The normalized spacial score (nSPS) is 14.1. The van der Waals surface area contributed by atoms with E-state index < -0.39 is 34.1 Å². The lowest BCUT2D eigenvalue weighted by Gasteiger charge is -2.32. The number of nitrogens with zero attached hydrogens (tertiary/aromatic N) is 1. The van der Waals surface area contributed by atoms with Crippen LogP contribution in [0.2, 0.25) is 0 Å². The molecule has 2 aromatic carbocycles. The molecule has 0 saturated heterocycles.